The SMILES string of the molecule is Cc1ccc(SC2c3cc(C)ccc3Oc3nc(N)c(C#N)c(N)c32)cc1. The van der Waals surface area contributed by atoms with Gasteiger partial charge in [-0.15, -0.1) is 11.8 Å². The van der Waals surface area contributed by atoms with Crippen molar-refractivity contribution in [3.8, 4) is 17.7 Å². The number of hydrogen-bond donors (Lipinski definition) is 2. The van der Waals surface area contributed by atoms with Gasteiger partial charge >= 0.3 is 0 Å². The Labute approximate surface area is 162 Å². The molecule has 1 atom stereocenters. The average Bonchev–Trinajstić information content (AvgIpc) is 2.64. The van der Waals surface area contributed by atoms with Crippen molar-refractivity contribution in [1.29, 1.82) is 5.26 Å². The molecule has 1 aliphatic rings. The second kappa shape index (κ2) is 6.53. The second-order valence-electron chi connectivity index (χ2n) is 6.57. The maximum atomic E-state index is 9.45. The van der Waals surface area contributed by atoms with Crippen LogP contribution in [0.2, 0.25) is 0 Å². The Morgan fingerprint density at radius 1 is 1.07 bits per heavy atom. The highest BCUT2D eigenvalue weighted by molar-refractivity contribution is 7.99. The Bertz CT molecular complexity index is 1090. The summed E-state index contributed by atoms with van der Waals surface area (Å²) in [5.41, 5.74) is 16.8. The van der Waals surface area contributed by atoms with Crippen molar-refractivity contribution in [2.24, 2.45) is 0 Å². The van der Waals surface area contributed by atoms with Crippen LogP contribution in [-0.4, -0.2) is 4.98 Å². The Balaban J connectivity index is 1.92. The minimum atomic E-state index is -0.147. The van der Waals surface area contributed by atoms with Crippen LogP contribution in [0, 0.1) is 25.2 Å². The van der Waals surface area contributed by atoms with Crippen molar-refractivity contribution in [1.82, 2.24) is 4.98 Å². The first-order chi connectivity index (χ1) is 13.0. The molecule has 27 heavy (non-hydrogen) atoms. The van der Waals surface area contributed by atoms with Crippen molar-refractivity contribution in [2.75, 3.05) is 11.5 Å². The molecular formula is C21H18N4OS. The molecule has 0 spiro atoms. The zero-order valence-corrected chi connectivity index (χ0v) is 15.8. The van der Waals surface area contributed by atoms with Crippen LogP contribution in [-0.2, 0) is 0 Å². The van der Waals surface area contributed by atoms with Gasteiger partial charge in [0.25, 0.3) is 0 Å². The normalized spacial score (nSPS) is 14.6. The predicted molar refractivity (Wildman–Crippen MR) is 108 cm³/mol. The fraction of sp³-hybridized carbons (Fsp3) is 0.143. The molecule has 2 heterocycles. The van der Waals surface area contributed by atoms with E-state index in [1.807, 2.05) is 19.1 Å². The maximum Gasteiger partial charge on any atom is 0.228 e. The van der Waals surface area contributed by atoms with Crippen molar-refractivity contribution in [3.05, 3.63) is 70.3 Å². The van der Waals surface area contributed by atoms with E-state index in [2.05, 4.69) is 48.3 Å². The standard InChI is InChI=1S/C21H18N4OS/c1-11-3-6-13(7-4-11)27-19-14-9-12(2)5-8-16(14)26-21-17(19)18(23)15(10-22)20(24)25-21/h3-9,19H,1-2H3,(H4,23,24,25). The fourth-order valence-electron chi connectivity index (χ4n) is 3.16. The number of aryl methyl sites for hydroxylation is 2. The highest BCUT2D eigenvalue weighted by Crippen LogP contribution is 2.54. The van der Waals surface area contributed by atoms with Crippen LogP contribution in [0.15, 0.2) is 47.4 Å². The van der Waals surface area contributed by atoms with E-state index in [1.165, 1.54) is 5.56 Å². The lowest BCUT2D eigenvalue weighted by Crippen LogP contribution is -2.15. The molecule has 0 bridgehead atoms. The molecule has 1 aliphatic heterocycles. The zero-order valence-electron chi connectivity index (χ0n) is 15.0. The first-order valence-electron chi connectivity index (χ1n) is 8.48. The summed E-state index contributed by atoms with van der Waals surface area (Å²) in [6.07, 6.45) is 0. The fourth-order valence-corrected chi connectivity index (χ4v) is 4.38. The summed E-state index contributed by atoms with van der Waals surface area (Å²) in [5, 5.41) is 9.30. The first kappa shape index (κ1) is 17.3. The largest absolute Gasteiger partial charge is 0.438 e. The molecule has 134 valence electrons. The molecule has 4 rings (SSSR count). The van der Waals surface area contributed by atoms with Crippen LogP contribution in [0.25, 0.3) is 0 Å². The van der Waals surface area contributed by atoms with E-state index in [0.717, 1.165) is 21.8 Å². The third-order valence-electron chi connectivity index (χ3n) is 4.57. The molecule has 5 nitrogen and oxygen atoms in total. The number of nitrogens with two attached hydrogens (primary N) is 2. The van der Waals surface area contributed by atoms with E-state index in [0.29, 0.717) is 17.1 Å². The minimum absolute atomic E-state index is 0.0865. The summed E-state index contributed by atoms with van der Waals surface area (Å²) in [4.78, 5) is 5.41. The third-order valence-corrected chi connectivity index (χ3v) is 5.84. The Hall–Kier alpha value is -3.17. The summed E-state index contributed by atoms with van der Waals surface area (Å²) in [6.45, 7) is 4.09. The van der Waals surface area contributed by atoms with Gasteiger partial charge in [0.05, 0.1) is 16.5 Å². The van der Waals surface area contributed by atoms with Gasteiger partial charge in [-0.25, -0.2) is 0 Å². The van der Waals surface area contributed by atoms with Crippen molar-refractivity contribution < 1.29 is 4.74 Å². The molecule has 1 aromatic heterocycles. The van der Waals surface area contributed by atoms with E-state index in [-0.39, 0.29) is 16.6 Å². The smallest absolute Gasteiger partial charge is 0.228 e. The monoisotopic (exact) mass is 374 g/mol. The lowest BCUT2D eigenvalue weighted by Gasteiger charge is -2.29. The zero-order chi connectivity index (χ0) is 19.1. The van der Waals surface area contributed by atoms with E-state index in [4.69, 9.17) is 16.2 Å². The number of nitrogens with zero attached hydrogens (tertiary/aromatic N) is 2. The number of nitriles is 1. The van der Waals surface area contributed by atoms with E-state index in [1.54, 1.807) is 11.8 Å². The van der Waals surface area contributed by atoms with Crippen LogP contribution in [0.1, 0.15) is 33.1 Å². The second-order valence-corrected chi connectivity index (χ2v) is 7.75. The summed E-state index contributed by atoms with van der Waals surface area (Å²) in [7, 11) is 0. The number of benzene rings is 2. The first-order valence-corrected chi connectivity index (χ1v) is 9.36. The number of anilines is 2. The lowest BCUT2D eigenvalue weighted by atomic mass is 9.97. The predicted octanol–water partition coefficient (Wildman–Crippen LogP) is 4.72. The van der Waals surface area contributed by atoms with Crippen LogP contribution >= 0.6 is 11.8 Å². The Morgan fingerprint density at radius 2 is 1.78 bits per heavy atom. The molecule has 0 aliphatic carbocycles. The number of ether oxygens (including phenoxy) is 1. The quantitative estimate of drug-likeness (QED) is 0.673. The molecule has 0 saturated carbocycles. The average molecular weight is 374 g/mol. The minimum Gasteiger partial charge on any atom is -0.438 e. The lowest BCUT2D eigenvalue weighted by molar-refractivity contribution is 0.441. The molecule has 2 aromatic carbocycles. The van der Waals surface area contributed by atoms with Crippen LogP contribution in [0.3, 0.4) is 0 Å². The van der Waals surface area contributed by atoms with Crippen molar-refractivity contribution in [2.45, 2.75) is 24.0 Å². The van der Waals surface area contributed by atoms with Crippen LogP contribution in [0.5, 0.6) is 11.6 Å². The van der Waals surface area contributed by atoms with Gasteiger partial charge in [-0.1, -0.05) is 35.4 Å². The van der Waals surface area contributed by atoms with E-state index < -0.39 is 0 Å². The van der Waals surface area contributed by atoms with E-state index >= 15 is 0 Å². The number of hydrogen-bond acceptors (Lipinski definition) is 6. The maximum absolute atomic E-state index is 9.45. The summed E-state index contributed by atoms with van der Waals surface area (Å²) in [5.74, 6) is 1.18. The van der Waals surface area contributed by atoms with Gasteiger partial charge in [0.15, 0.2) is 0 Å². The third kappa shape index (κ3) is 2.96. The number of pyridine rings is 1. The summed E-state index contributed by atoms with van der Waals surface area (Å²) >= 11 is 1.66. The number of rotatable bonds is 2. The Kier molecular flexibility index (Phi) is 4.17. The molecule has 3 aromatic rings. The van der Waals surface area contributed by atoms with E-state index in [9.17, 15) is 5.26 Å². The van der Waals surface area contributed by atoms with Gasteiger partial charge in [-0.3, -0.25) is 0 Å². The van der Waals surface area contributed by atoms with Crippen LogP contribution in [0.4, 0.5) is 11.5 Å². The van der Waals surface area contributed by atoms with Crippen molar-refractivity contribution in [3.63, 3.8) is 0 Å². The number of thioether (sulfide) groups is 1. The molecular weight excluding hydrogens is 356 g/mol. The summed E-state index contributed by atoms with van der Waals surface area (Å²) in [6, 6.07) is 16.4. The number of nitrogen functional groups attached to an aromatic ring is 2. The Morgan fingerprint density at radius 3 is 2.48 bits per heavy atom. The van der Waals surface area contributed by atoms with Gasteiger partial charge in [-0.05, 0) is 32.0 Å². The highest BCUT2D eigenvalue weighted by atomic mass is 32.2. The molecule has 4 N–H and O–H groups in total. The molecule has 6 heteroatoms. The summed E-state index contributed by atoms with van der Waals surface area (Å²) < 4.78 is 5.99. The molecule has 0 fully saturated rings. The van der Waals surface area contributed by atoms with Crippen LogP contribution < -0.4 is 16.2 Å². The molecule has 0 amide bonds. The number of aromatic nitrogens is 1. The van der Waals surface area contributed by atoms with Gasteiger partial charge in [0.2, 0.25) is 5.88 Å². The van der Waals surface area contributed by atoms with Gasteiger partial charge in [-0.2, -0.15) is 10.2 Å². The number of fused-ring (bicyclic) bond motifs is 2. The molecule has 1 unspecified atom stereocenters. The van der Waals surface area contributed by atoms with Gasteiger partial charge in [0.1, 0.15) is 23.2 Å². The molecule has 0 saturated heterocycles. The van der Waals surface area contributed by atoms with Gasteiger partial charge < -0.3 is 16.2 Å². The highest BCUT2D eigenvalue weighted by Gasteiger charge is 2.33. The topological polar surface area (TPSA) is 98.0 Å². The molecule has 0 radical (unpaired) electrons. The van der Waals surface area contributed by atoms with Crippen molar-refractivity contribution >= 4 is 23.3 Å². The van der Waals surface area contributed by atoms with Gasteiger partial charge in [0, 0.05) is 10.5 Å².